The molecule has 0 fully saturated rings. The van der Waals surface area contributed by atoms with Gasteiger partial charge in [0.2, 0.25) is 0 Å². The number of halogens is 2. The molecule has 0 saturated heterocycles. The summed E-state index contributed by atoms with van der Waals surface area (Å²) in [5, 5.41) is 3.32. The Morgan fingerprint density at radius 2 is 1.80 bits per heavy atom. The first kappa shape index (κ1) is 14.8. The molecule has 1 amide bonds. The molecule has 0 aliphatic heterocycles. The van der Waals surface area contributed by atoms with Crippen LogP contribution in [-0.4, -0.2) is 10.9 Å². The number of benzene rings is 1. The van der Waals surface area contributed by atoms with Crippen LogP contribution in [0.1, 0.15) is 34.5 Å². The number of aryl methyl sites for hydroxylation is 1. The fraction of sp³-hybridized carbons (Fsp3) is 0.200. The highest BCUT2D eigenvalue weighted by Gasteiger charge is 2.14. The van der Waals surface area contributed by atoms with Gasteiger partial charge in [0.15, 0.2) is 0 Å². The van der Waals surface area contributed by atoms with Crippen LogP contribution in [0.25, 0.3) is 0 Å². The number of pyridine rings is 1. The second kappa shape index (κ2) is 6.25. The lowest BCUT2D eigenvalue weighted by molar-refractivity contribution is 0.0939. The van der Waals surface area contributed by atoms with Crippen molar-refractivity contribution in [2.75, 3.05) is 0 Å². The third-order valence-corrected chi connectivity index (χ3v) is 3.41. The van der Waals surface area contributed by atoms with Crippen LogP contribution in [0, 0.1) is 6.92 Å². The van der Waals surface area contributed by atoms with E-state index in [0.29, 0.717) is 5.56 Å². The quantitative estimate of drug-likeness (QED) is 0.864. The summed E-state index contributed by atoms with van der Waals surface area (Å²) in [6.45, 7) is 3.95. The molecule has 2 aromatic rings. The van der Waals surface area contributed by atoms with Crippen LogP contribution >= 0.6 is 23.2 Å². The van der Waals surface area contributed by atoms with Gasteiger partial charge < -0.3 is 5.32 Å². The highest BCUT2D eigenvalue weighted by atomic mass is 35.5. The first-order valence-corrected chi connectivity index (χ1v) is 6.92. The summed E-state index contributed by atoms with van der Waals surface area (Å²) in [4.78, 5) is 16.0. The second-order valence-electron chi connectivity index (χ2n) is 4.55. The maximum atomic E-state index is 12.2. The highest BCUT2D eigenvalue weighted by Crippen LogP contribution is 2.19. The molecule has 0 aliphatic carbocycles. The molecular weight excluding hydrogens is 295 g/mol. The van der Waals surface area contributed by atoms with E-state index >= 15 is 0 Å². The van der Waals surface area contributed by atoms with Gasteiger partial charge in [0.05, 0.1) is 6.04 Å². The van der Waals surface area contributed by atoms with Gasteiger partial charge in [-0.15, -0.1) is 0 Å². The van der Waals surface area contributed by atoms with Gasteiger partial charge >= 0.3 is 0 Å². The van der Waals surface area contributed by atoms with E-state index < -0.39 is 0 Å². The van der Waals surface area contributed by atoms with Gasteiger partial charge in [0.1, 0.15) is 10.3 Å². The lowest BCUT2D eigenvalue weighted by Crippen LogP contribution is -2.27. The average molecular weight is 309 g/mol. The van der Waals surface area contributed by atoms with Gasteiger partial charge in [-0.2, -0.15) is 0 Å². The molecule has 1 aromatic carbocycles. The molecule has 0 bridgehead atoms. The first-order valence-electron chi connectivity index (χ1n) is 6.17. The lowest BCUT2D eigenvalue weighted by Gasteiger charge is -2.16. The van der Waals surface area contributed by atoms with Crippen LogP contribution in [0.15, 0.2) is 36.4 Å². The van der Waals surface area contributed by atoms with Crippen molar-refractivity contribution in [1.29, 1.82) is 0 Å². The van der Waals surface area contributed by atoms with Gasteiger partial charge in [-0.3, -0.25) is 4.79 Å². The first-order chi connectivity index (χ1) is 9.47. The molecule has 0 radical (unpaired) electrons. The molecule has 20 heavy (non-hydrogen) atoms. The summed E-state index contributed by atoms with van der Waals surface area (Å²) < 4.78 is 0. The predicted molar refractivity (Wildman–Crippen MR) is 81.3 cm³/mol. The minimum absolute atomic E-state index is 0.102. The fourth-order valence-electron chi connectivity index (χ4n) is 2.03. The minimum Gasteiger partial charge on any atom is -0.346 e. The normalized spacial score (nSPS) is 12.0. The number of hydrogen-bond donors (Lipinski definition) is 1. The number of hydrogen-bond acceptors (Lipinski definition) is 2. The molecule has 0 saturated carbocycles. The van der Waals surface area contributed by atoms with Crippen LogP contribution in [-0.2, 0) is 0 Å². The van der Waals surface area contributed by atoms with Gasteiger partial charge in [0, 0.05) is 5.56 Å². The SMILES string of the molecule is Cc1ccccc1C(C)NC(=O)c1cc(Cl)nc(Cl)c1. The smallest absolute Gasteiger partial charge is 0.251 e. The van der Waals surface area contributed by atoms with Crippen LogP contribution in [0.3, 0.4) is 0 Å². The van der Waals surface area contributed by atoms with Gasteiger partial charge in [-0.05, 0) is 37.1 Å². The van der Waals surface area contributed by atoms with E-state index in [9.17, 15) is 4.79 Å². The van der Waals surface area contributed by atoms with Crippen molar-refractivity contribution in [1.82, 2.24) is 10.3 Å². The second-order valence-corrected chi connectivity index (χ2v) is 5.33. The number of amides is 1. The topological polar surface area (TPSA) is 42.0 Å². The third-order valence-electron chi connectivity index (χ3n) is 3.03. The zero-order valence-corrected chi connectivity index (χ0v) is 12.7. The standard InChI is InChI=1S/C15H14Cl2N2O/c1-9-5-3-4-6-12(9)10(2)18-15(20)11-7-13(16)19-14(17)8-11/h3-8,10H,1-2H3,(H,18,20). The van der Waals surface area contributed by atoms with Crippen LogP contribution in [0.4, 0.5) is 0 Å². The van der Waals surface area contributed by atoms with Gasteiger partial charge in [0.25, 0.3) is 5.91 Å². The summed E-state index contributed by atoms with van der Waals surface area (Å²) in [7, 11) is 0. The lowest BCUT2D eigenvalue weighted by atomic mass is 10.0. The minimum atomic E-state index is -0.230. The maximum absolute atomic E-state index is 12.2. The van der Waals surface area contributed by atoms with Crippen molar-refractivity contribution in [3.05, 3.63) is 63.4 Å². The van der Waals surface area contributed by atoms with E-state index in [-0.39, 0.29) is 22.3 Å². The van der Waals surface area contributed by atoms with Crippen molar-refractivity contribution in [3.63, 3.8) is 0 Å². The summed E-state index contributed by atoms with van der Waals surface area (Å²) in [6, 6.07) is 10.8. The number of aromatic nitrogens is 1. The third kappa shape index (κ3) is 3.50. The van der Waals surface area contributed by atoms with Crippen LogP contribution in [0.2, 0.25) is 10.3 Å². The Hall–Kier alpha value is -1.58. The van der Waals surface area contributed by atoms with Crippen LogP contribution in [0.5, 0.6) is 0 Å². The van der Waals surface area contributed by atoms with E-state index in [1.54, 1.807) is 0 Å². The number of carbonyl (C=O) groups excluding carboxylic acids is 1. The van der Waals surface area contributed by atoms with E-state index in [0.717, 1.165) is 11.1 Å². The largest absolute Gasteiger partial charge is 0.346 e. The van der Waals surface area contributed by atoms with E-state index in [2.05, 4.69) is 10.3 Å². The van der Waals surface area contributed by atoms with Gasteiger partial charge in [-0.1, -0.05) is 47.5 Å². The molecule has 104 valence electrons. The molecule has 1 unspecified atom stereocenters. The van der Waals surface area contributed by atoms with Crippen molar-refractivity contribution < 1.29 is 4.79 Å². The van der Waals surface area contributed by atoms with Crippen LogP contribution < -0.4 is 5.32 Å². The molecule has 0 aliphatic rings. The Morgan fingerprint density at radius 1 is 1.20 bits per heavy atom. The number of rotatable bonds is 3. The Balaban J connectivity index is 2.17. The zero-order chi connectivity index (χ0) is 14.7. The average Bonchev–Trinajstić information content (AvgIpc) is 2.37. The zero-order valence-electron chi connectivity index (χ0n) is 11.2. The Morgan fingerprint density at radius 3 is 2.40 bits per heavy atom. The van der Waals surface area contributed by atoms with Crippen molar-refractivity contribution >= 4 is 29.1 Å². The summed E-state index contributed by atoms with van der Waals surface area (Å²) in [5.41, 5.74) is 2.61. The van der Waals surface area contributed by atoms with Crippen molar-refractivity contribution in [3.8, 4) is 0 Å². The Kier molecular flexibility index (Phi) is 4.63. The molecular formula is C15H14Cl2N2O. The monoisotopic (exact) mass is 308 g/mol. The molecule has 2 rings (SSSR count). The van der Waals surface area contributed by atoms with Crippen molar-refractivity contribution in [2.24, 2.45) is 0 Å². The Bertz CT molecular complexity index is 623. The molecule has 5 heteroatoms. The summed E-state index contributed by atoms with van der Waals surface area (Å²) in [5.74, 6) is -0.230. The molecule has 1 atom stereocenters. The molecule has 1 N–H and O–H groups in total. The predicted octanol–water partition coefficient (Wildman–Crippen LogP) is 4.19. The van der Waals surface area contributed by atoms with Gasteiger partial charge in [-0.25, -0.2) is 4.98 Å². The number of nitrogens with zero attached hydrogens (tertiary/aromatic N) is 1. The molecule has 1 aromatic heterocycles. The number of carbonyl (C=O) groups is 1. The molecule has 3 nitrogen and oxygen atoms in total. The Labute approximate surface area is 127 Å². The fourth-order valence-corrected chi connectivity index (χ4v) is 2.49. The maximum Gasteiger partial charge on any atom is 0.251 e. The van der Waals surface area contributed by atoms with E-state index in [1.807, 2.05) is 38.1 Å². The number of nitrogens with one attached hydrogen (secondary N) is 1. The molecule has 1 heterocycles. The van der Waals surface area contributed by atoms with Crippen molar-refractivity contribution in [2.45, 2.75) is 19.9 Å². The molecule has 0 spiro atoms. The summed E-state index contributed by atoms with van der Waals surface area (Å²) >= 11 is 11.6. The van der Waals surface area contributed by atoms with E-state index in [1.165, 1.54) is 12.1 Å². The summed E-state index contributed by atoms with van der Waals surface area (Å²) in [6.07, 6.45) is 0. The van der Waals surface area contributed by atoms with E-state index in [4.69, 9.17) is 23.2 Å². The highest BCUT2D eigenvalue weighted by molar-refractivity contribution is 6.33.